The summed E-state index contributed by atoms with van der Waals surface area (Å²) < 4.78 is 29.3. The van der Waals surface area contributed by atoms with E-state index in [4.69, 9.17) is 9.73 Å². The summed E-state index contributed by atoms with van der Waals surface area (Å²) in [5.41, 5.74) is 0. The van der Waals surface area contributed by atoms with Gasteiger partial charge in [0.15, 0.2) is 15.8 Å². The van der Waals surface area contributed by atoms with Crippen LogP contribution < -0.4 is 10.6 Å². The number of ether oxygens (including phenoxy) is 1. The lowest BCUT2D eigenvalue weighted by atomic mass is 9.89. The maximum Gasteiger partial charge on any atom is 0.191 e. The number of sulfone groups is 1. The summed E-state index contributed by atoms with van der Waals surface area (Å²) in [5, 5.41) is 7.15. The molecule has 3 aliphatic heterocycles. The smallest absolute Gasteiger partial charge is 0.191 e. The van der Waals surface area contributed by atoms with Crippen LogP contribution in [0.25, 0.3) is 0 Å². The van der Waals surface area contributed by atoms with E-state index in [-0.39, 0.29) is 29.9 Å². The third-order valence-electron chi connectivity index (χ3n) is 6.55. The largest absolute Gasteiger partial charge is 0.373 e. The van der Waals surface area contributed by atoms with Gasteiger partial charge in [-0.3, -0.25) is 4.99 Å². The van der Waals surface area contributed by atoms with E-state index in [0.717, 1.165) is 37.7 Å². The molecule has 4 atom stereocenters. The van der Waals surface area contributed by atoms with Crippen molar-refractivity contribution in [2.75, 3.05) is 24.6 Å². The molecule has 3 saturated heterocycles. The van der Waals surface area contributed by atoms with Crippen molar-refractivity contribution in [1.29, 1.82) is 0 Å². The first kappa shape index (κ1) is 21.6. The normalized spacial score (nSPS) is 35.8. The molecule has 0 aromatic carbocycles. The van der Waals surface area contributed by atoms with E-state index >= 15 is 0 Å². The Kier molecular flexibility index (Phi) is 7.69. The summed E-state index contributed by atoms with van der Waals surface area (Å²) in [6.07, 6.45) is 11.5. The van der Waals surface area contributed by atoms with Gasteiger partial charge in [0, 0.05) is 13.1 Å². The van der Waals surface area contributed by atoms with Crippen molar-refractivity contribution in [2.45, 2.75) is 76.0 Å². The van der Waals surface area contributed by atoms with Gasteiger partial charge in [-0.1, -0.05) is 19.3 Å². The van der Waals surface area contributed by atoms with Gasteiger partial charge >= 0.3 is 0 Å². The molecule has 6 nitrogen and oxygen atoms in total. The Hall–Kier alpha value is -0.0900. The molecule has 4 unspecified atom stereocenters. The topological polar surface area (TPSA) is 79.8 Å². The number of halogens is 1. The number of nitrogens with one attached hydrogen (secondary N) is 2. The Morgan fingerprint density at radius 3 is 2.48 bits per heavy atom. The zero-order valence-electron chi connectivity index (χ0n) is 16.1. The highest BCUT2D eigenvalue weighted by molar-refractivity contribution is 14.0. The van der Waals surface area contributed by atoms with Gasteiger partial charge in [-0.25, -0.2) is 8.42 Å². The molecule has 1 saturated carbocycles. The van der Waals surface area contributed by atoms with Crippen molar-refractivity contribution in [2.24, 2.45) is 16.8 Å². The maximum absolute atomic E-state index is 11.7. The zero-order chi connectivity index (χ0) is 18.0. The second-order valence-corrected chi connectivity index (χ2v) is 10.9. The van der Waals surface area contributed by atoms with Crippen molar-refractivity contribution < 1.29 is 13.2 Å². The lowest BCUT2D eigenvalue weighted by molar-refractivity contribution is 0.0992. The van der Waals surface area contributed by atoms with Gasteiger partial charge in [-0.15, -0.1) is 24.0 Å². The fourth-order valence-corrected chi connectivity index (χ4v) is 6.84. The van der Waals surface area contributed by atoms with Crippen LogP contribution in [0.3, 0.4) is 0 Å². The molecular weight excluding hydrogens is 477 g/mol. The minimum Gasteiger partial charge on any atom is -0.373 e. The molecule has 2 bridgehead atoms. The fraction of sp³-hybridized carbons (Fsp3) is 0.947. The number of nitrogens with zero attached hydrogens (tertiary/aromatic N) is 1. The lowest BCUT2D eigenvalue weighted by Gasteiger charge is -2.26. The van der Waals surface area contributed by atoms with Crippen LogP contribution >= 0.6 is 24.0 Å². The summed E-state index contributed by atoms with van der Waals surface area (Å²) in [6.45, 7) is 1.57. The molecule has 0 amide bonds. The van der Waals surface area contributed by atoms with Crippen LogP contribution in [0.4, 0.5) is 0 Å². The first-order valence-electron chi connectivity index (χ1n) is 10.5. The monoisotopic (exact) mass is 511 g/mol. The molecule has 3 heterocycles. The molecule has 156 valence electrons. The summed E-state index contributed by atoms with van der Waals surface area (Å²) in [6, 6.07) is 0.346. The van der Waals surface area contributed by atoms with E-state index in [2.05, 4.69) is 10.6 Å². The van der Waals surface area contributed by atoms with Gasteiger partial charge in [0.1, 0.15) is 0 Å². The number of guanidine groups is 1. The van der Waals surface area contributed by atoms with Crippen LogP contribution in [0.2, 0.25) is 0 Å². The van der Waals surface area contributed by atoms with Crippen LogP contribution in [-0.2, 0) is 14.6 Å². The predicted molar refractivity (Wildman–Crippen MR) is 118 cm³/mol. The van der Waals surface area contributed by atoms with E-state index in [0.29, 0.717) is 36.3 Å². The van der Waals surface area contributed by atoms with Gasteiger partial charge < -0.3 is 15.4 Å². The highest BCUT2D eigenvalue weighted by atomic mass is 127. The van der Waals surface area contributed by atoms with E-state index in [1.165, 1.54) is 38.5 Å². The first-order valence-corrected chi connectivity index (χ1v) is 12.3. The summed E-state index contributed by atoms with van der Waals surface area (Å²) in [7, 11) is -2.83. The van der Waals surface area contributed by atoms with E-state index < -0.39 is 9.84 Å². The zero-order valence-corrected chi connectivity index (χ0v) is 19.2. The molecule has 8 heteroatoms. The number of hydrogen-bond donors (Lipinski definition) is 2. The molecule has 0 radical (unpaired) electrons. The minimum absolute atomic E-state index is 0. The van der Waals surface area contributed by atoms with Gasteiger partial charge in [0.2, 0.25) is 0 Å². The third kappa shape index (κ3) is 5.95. The predicted octanol–water partition coefficient (Wildman–Crippen LogP) is 2.47. The second kappa shape index (κ2) is 9.61. The van der Waals surface area contributed by atoms with Gasteiger partial charge in [0.05, 0.1) is 29.8 Å². The Morgan fingerprint density at radius 2 is 1.85 bits per heavy atom. The molecule has 2 N–H and O–H groups in total. The molecule has 0 spiro atoms. The molecule has 0 aromatic rings. The Bertz CT molecular complexity index is 622. The van der Waals surface area contributed by atoms with Crippen LogP contribution in [-0.4, -0.2) is 57.2 Å². The molecular formula is C19H34IN3O3S. The SMILES string of the molecule is I.O=S1(=O)CCC(CN=C(NCC2CCCCC2)NC2CC3CCC2O3)C1. The summed E-state index contributed by atoms with van der Waals surface area (Å²) in [5.74, 6) is 2.39. The Balaban J connectivity index is 0.00000210. The molecule has 4 rings (SSSR count). The van der Waals surface area contributed by atoms with Crippen molar-refractivity contribution in [3.8, 4) is 0 Å². The van der Waals surface area contributed by atoms with Gasteiger partial charge in [-0.2, -0.15) is 0 Å². The molecule has 4 aliphatic rings. The van der Waals surface area contributed by atoms with Crippen molar-refractivity contribution >= 4 is 39.8 Å². The van der Waals surface area contributed by atoms with Gasteiger partial charge in [-0.05, 0) is 50.4 Å². The number of rotatable bonds is 5. The lowest BCUT2D eigenvalue weighted by Crippen LogP contribution is -2.48. The quantitative estimate of drug-likeness (QED) is 0.337. The molecule has 1 aliphatic carbocycles. The minimum atomic E-state index is -2.83. The highest BCUT2D eigenvalue weighted by Crippen LogP contribution is 2.34. The Labute approximate surface area is 180 Å². The van der Waals surface area contributed by atoms with Crippen molar-refractivity contribution in [1.82, 2.24) is 10.6 Å². The van der Waals surface area contributed by atoms with Gasteiger partial charge in [0.25, 0.3) is 0 Å². The van der Waals surface area contributed by atoms with Crippen molar-refractivity contribution in [3.05, 3.63) is 0 Å². The number of hydrogen-bond acceptors (Lipinski definition) is 4. The molecule has 4 fully saturated rings. The molecule has 27 heavy (non-hydrogen) atoms. The summed E-state index contributed by atoms with van der Waals surface area (Å²) >= 11 is 0. The molecule has 0 aromatic heterocycles. The van der Waals surface area contributed by atoms with Crippen LogP contribution in [0, 0.1) is 11.8 Å². The second-order valence-electron chi connectivity index (χ2n) is 8.70. The number of aliphatic imine (C=N–C) groups is 1. The van der Waals surface area contributed by atoms with E-state index in [1.807, 2.05) is 0 Å². The average Bonchev–Trinajstić information content (AvgIpc) is 3.33. The fourth-order valence-electron chi connectivity index (χ4n) is 4.99. The van der Waals surface area contributed by atoms with E-state index in [9.17, 15) is 8.42 Å². The van der Waals surface area contributed by atoms with Crippen LogP contribution in [0.15, 0.2) is 4.99 Å². The number of fused-ring (bicyclic) bond motifs is 2. The highest BCUT2D eigenvalue weighted by Gasteiger charge is 2.41. The van der Waals surface area contributed by atoms with Crippen LogP contribution in [0.5, 0.6) is 0 Å². The summed E-state index contributed by atoms with van der Waals surface area (Å²) in [4.78, 5) is 4.78. The van der Waals surface area contributed by atoms with E-state index in [1.54, 1.807) is 0 Å². The maximum atomic E-state index is 11.7. The average molecular weight is 511 g/mol. The Morgan fingerprint density at radius 1 is 1.04 bits per heavy atom. The van der Waals surface area contributed by atoms with Crippen molar-refractivity contribution in [3.63, 3.8) is 0 Å². The van der Waals surface area contributed by atoms with Crippen LogP contribution in [0.1, 0.15) is 57.8 Å². The first-order chi connectivity index (χ1) is 12.6. The standard InChI is InChI=1S/C19H33N3O3S.HI/c23-26(24)9-8-15(13-26)12-21-19(20-11-14-4-2-1-3-5-14)22-17-10-16-6-7-18(17)25-16;/h14-18H,1-13H2,(H2,20,21,22);1H. The third-order valence-corrected chi connectivity index (χ3v) is 8.38.